The smallest absolute Gasteiger partial charge is 0.337 e. The lowest BCUT2D eigenvalue weighted by molar-refractivity contribution is -0.141. The van der Waals surface area contributed by atoms with E-state index >= 15 is 0 Å². The first kappa shape index (κ1) is 21.5. The Balaban J connectivity index is 1.46. The number of hydrogen-bond acceptors (Lipinski definition) is 3. The number of piperidine rings is 1. The topological polar surface area (TPSA) is 53.0 Å². The molecule has 0 aliphatic carbocycles. The van der Waals surface area contributed by atoms with Gasteiger partial charge in [0.05, 0.1) is 12.1 Å². The van der Waals surface area contributed by atoms with Gasteiger partial charge in [-0.2, -0.15) is 13.2 Å². The van der Waals surface area contributed by atoms with Crippen LogP contribution in [-0.4, -0.2) is 60.0 Å². The van der Waals surface area contributed by atoms with Crippen molar-refractivity contribution in [2.24, 2.45) is 4.99 Å². The minimum absolute atomic E-state index is 0.0889. The third-order valence-corrected chi connectivity index (χ3v) is 6.15. The summed E-state index contributed by atoms with van der Waals surface area (Å²) in [4.78, 5) is 32.0. The van der Waals surface area contributed by atoms with Gasteiger partial charge in [-0.25, -0.2) is 8.78 Å². The fourth-order valence-electron chi connectivity index (χ4n) is 4.50. The molecule has 4 rings (SSSR count). The van der Waals surface area contributed by atoms with Gasteiger partial charge in [0.1, 0.15) is 5.71 Å². The molecule has 1 aromatic carbocycles. The molecule has 3 aliphatic rings. The number of rotatable bonds is 2. The predicted molar refractivity (Wildman–Crippen MR) is 101 cm³/mol. The molecule has 0 N–H and O–H groups in total. The van der Waals surface area contributed by atoms with Crippen molar-refractivity contribution in [3.63, 3.8) is 0 Å². The van der Waals surface area contributed by atoms with Crippen molar-refractivity contribution in [3.8, 4) is 0 Å². The van der Waals surface area contributed by atoms with Crippen molar-refractivity contribution < 1.29 is 31.5 Å². The molecule has 3 heterocycles. The van der Waals surface area contributed by atoms with E-state index in [9.17, 15) is 31.5 Å². The van der Waals surface area contributed by atoms with E-state index in [2.05, 4.69) is 4.99 Å². The van der Waals surface area contributed by atoms with E-state index in [0.29, 0.717) is 31.4 Å². The highest BCUT2D eigenvalue weighted by atomic mass is 19.4. The largest absolute Gasteiger partial charge is 0.419 e. The zero-order chi connectivity index (χ0) is 22.5. The summed E-state index contributed by atoms with van der Waals surface area (Å²) in [5.41, 5.74) is 0.144. The molecule has 0 spiro atoms. The van der Waals surface area contributed by atoms with Gasteiger partial charge in [0.25, 0.3) is 5.91 Å². The Labute approximate surface area is 175 Å². The monoisotopic (exact) mass is 441 g/mol. The first-order valence-corrected chi connectivity index (χ1v) is 9.93. The Kier molecular flexibility index (Phi) is 5.35. The standard InChI is InChI=1S/C21H20F5N3O2/c1-11(30)29-9-13-8-27-19(15(13)10-29)20(31)28-6-4-12(5-7-28)14-2-3-16(22)18(23)17(14)21(24,25)26/h2-3,12H,4-10H2,1H3. The van der Waals surface area contributed by atoms with Gasteiger partial charge in [-0.05, 0) is 36.0 Å². The van der Waals surface area contributed by atoms with Gasteiger partial charge in [-0.1, -0.05) is 6.07 Å². The molecule has 0 atom stereocenters. The molecule has 0 bridgehead atoms. The van der Waals surface area contributed by atoms with E-state index in [1.807, 2.05) is 0 Å². The normalized spacial score (nSPS) is 19.7. The zero-order valence-corrected chi connectivity index (χ0v) is 16.7. The first-order valence-electron chi connectivity index (χ1n) is 9.93. The number of carbonyl (C=O) groups is 2. The van der Waals surface area contributed by atoms with Gasteiger partial charge >= 0.3 is 6.18 Å². The Morgan fingerprint density at radius 3 is 2.35 bits per heavy atom. The average Bonchev–Trinajstić information content (AvgIpc) is 3.29. The Morgan fingerprint density at radius 1 is 1.06 bits per heavy atom. The van der Waals surface area contributed by atoms with Gasteiger partial charge < -0.3 is 9.80 Å². The number of nitrogens with zero attached hydrogens (tertiary/aromatic N) is 3. The van der Waals surface area contributed by atoms with Crippen LogP contribution in [0.15, 0.2) is 28.3 Å². The summed E-state index contributed by atoms with van der Waals surface area (Å²) >= 11 is 0. The number of hydrogen-bond donors (Lipinski definition) is 0. The highest BCUT2D eigenvalue weighted by Crippen LogP contribution is 2.41. The summed E-state index contributed by atoms with van der Waals surface area (Å²) in [7, 11) is 0. The van der Waals surface area contributed by atoms with Crippen LogP contribution in [0.5, 0.6) is 0 Å². The van der Waals surface area contributed by atoms with Crippen molar-refractivity contribution in [2.45, 2.75) is 31.9 Å². The molecule has 5 nitrogen and oxygen atoms in total. The maximum atomic E-state index is 13.9. The number of amides is 2. The van der Waals surface area contributed by atoms with Crippen molar-refractivity contribution in [3.05, 3.63) is 46.0 Å². The van der Waals surface area contributed by atoms with Crippen LogP contribution in [0.3, 0.4) is 0 Å². The number of alkyl halides is 3. The molecule has 10 heteroatoms. The lowest BCUT2D eigenvalue weighted by atomic mass is 9.85. The summed E-state index contributed by atoms with van der Waals surface area (Å²) in [5.74, 6) is -4.47. The van der Waals surface area contributed by atoms with E-state index in [0.717, 1.165) is 17.2 Å². The second-order valence-corrected chi connectivity index (χ2v) is 8.01. The van der Waals surface area contributed by atoms with Crippen LogP contribution >= 0.6 is 0 Å². The molecule has 0 saturated carbocycles. The summed E-state index contributed by atoms with van der Waals surface area (Å²) in [6, 6.07) is 1.69. The van der Waals surface area contributed by atoms with E-state index in [1.54, 1.807) is 4.90 Å². The van der Waals surface area contributed by atoms with Crippen molar-refractivity contribution >= 4 is 17.5 Å². The minimum Gasteiger partial charge on any atom is -0.337 e. The molecule has 2 amide bonds. The highest BCUT2D eigenvalue weighted by Gasteiger charge is 2.41. The Morgan fingerprint density at radius 2 is 1.74 bits per heavy atom. The van der Waals surface area contributed by atoms with E-state index in [-0.39, 0.29) is 43.3 Å². The third kappa shape index (κ3) is 3.83. The Bertz CT molecular complexity index is 1010. The molecule has 31 heavy (non-hydrogen) atoms. The van der Waals surface area contributed by atoms with Gasteiger partial charge in [-0.15, -0.1) is 0 Å². The summed E-state index contributed by atoms with van der Waals surface area (Å²) in [5, 5.41) is 0. The zero-order valence-electron chi connectivity index (χ0n) is 16.7. The molecule has 1 fully saturated rings. The molecule has 1 saturated heterocycles. The number of carbonyl (C=O) groups excluding carboxylic acids is 2. The molecule has 0 radical (unpaired) electrons. The van der Waals surface area contributed by atoms with Crippen LogP contribution in [0.1, 0.15) is 36.8 Å². The van der Waals surface area contributed by atoms with Crippen molar-refractivity contribution in [2.75, 3.05) is 32.7 Å². The van der Waals surface area contributed by atoms with Crippen LogP contribution in [0.2, 0.25) is 0 Å². The Hall–Kier alpha value is -2.78. The molecule has 0 aromatic heterocycles. The van der Waals surface area contributed by atoms with E-state index in [1.165, 1.54) is 11.8 Å². The summed E-state index contributed by atoms with van der Waals surface area (Å²) in [6.45, 7) is 2.95. The van der Waals surface area contributed by atoms with Crippen LogP contribution in [-0.2, 0) is 15.8 Å². The minimum atomic E-state index is -5.01. The number of likely N-dealkylation sites (tertiary alicyclic amines) is 1. The molecule has 3 aliphatic heterocycles. The van der Waals surface area contributed by atoms with Crippen LogP contribution in [0, 0.1) is 11.6 Å². The second-order valence-electron chi connectivity index (χ2n) is 8.01. The maximum absolute atomic E-state index is 13.9. The molecule has 166 valence electrons. The fourth-order valence-corrected chi connectivity index (χ4v) is 4.50. The van der Waals surface area contributed by atoms with Crippen LogP contribution < -0.4 is 0 Å². The van der Waals surface area contributed by atoms with Crippen molar-refractivity contribution in [1.29, 1.82) is 0 Å². The number of halogens is 5. The quantitative estimate of drug-likeness (QED) is 0.662. The van der Waals surface area contributed by atoms with Crippen LogP contribution in [0.25, 0.3) is 0 Å². The van der Waals surface area contributed by atoms with Crippen molar-refractivity contribution in [1.82, 2.24) is 9.80 Å². The van der Waals surface area contributed by atoms with E-state index < -0.39 is 29.3 Å². The lowest BCUT2D eigenvalue weighted by Crippen LogP contribution is -2.42. The van der Waals surface area contributed by atoms with Gasteiger partial charge in [0.2, 0.25) is 5.91 Å². The lowest BCUT2D eigenvalue weighted by Gasteiger charge is -2.33. The molecular weight excluding hydrogens is 421 g/mol. The highest BCUT2D eigenvalue weighted by molar-refractivity contribution is 6.46. The first-order chi connectivity index (χ1) is 14.6. The fraction of sp³-hybridized carbons (Fsp3) is 0.476. The van der Waals surface area contributed by atoms with Gasteiger partial charge in [-0.3, -0.25) is 14.6 Å². The summed E-state index contributed by atoms with van der Waals surface area (Å²) < 4.78 is 67.4. The number of aliphatic imine (C=N–C) groups is 1. The van der Waals surface area contributed by atoms with Crippen LogP contribution in [0.4, 0.5) is 22.0 Å². The molecule has 0 unspecified atom stereocenters. The van der Waals surface area contributed by atoms with Gasteiger partial charge in [0, 0.05) is 38.7 Å². The molecular formula is C21H20F5N3O2. The average molecular weight is 441 g/mol. The van der Waals surface area contributed by atoms with E-state index in [4.69, 9.17) is 0 Å². The maximum Gasteiger partial charge on any atom is 0.419 e. The SMILES string of the molecule is CC(=O)N1CC2=C(C1)C(C(=O)N1CCC(c3ccc(F)c(F)c3C(F)(F)F)CC1)=NC2. The van der Waals surface area contributed by atoms with Gasteiger partial charge in [0.15, 0.2) is 11.6 Å². The predicted octanol–water partition coefficient (Wildman–Crippen LogP) is 3.30. The number of benzene rings is 1. The molecule has 1 aromatic rings. The summed E-state index contributed by atoms with van der Waals surface area (Å²) in [6.07, 6.45) is -4.63. The third-order valence-electron chi connectivity index (χ3n) is 6.15. The second kappa shape index (κ2) is 7.72.